The Morgan fingerprint density at radius 3 is 2.26 bits per heavy atom. The number of ether oxygens (including phenoxy) is 4. The molecule has 5 rings (SSSR count). The van der Waals surface area contributed by atoms with Crippen LogP contribution in [0, 0.1) is 0 Å². The van der Waals surface area contributed by atoms with Crippen LogP contribution in [0.4, 0.5) is 0 Å². The lowest BCUT2D eigenvalue weighted by Crippen LogP contribution is -2.22. The smallest absolute Gasteiger partial charge is 0.312 e. The molecule has 4 aromatic rings. The molecule has 0 saturated carbocycles. The molecule has 0 amide bonds. The fourth-order valence-corrected chi connectivity index (χ4v) is 4.49. The highest BCUT2D eigenvalue weighted by atomic mass is 16.5. The molecule has 1 atom stereocenters. The van der Waals surface area contributed by atoms with Crippen molar-refractivity contribution in [2.75, 3.05) is 21.3 Å². The highest BCUT2D eigenvalue weighted by Gasteiger charge is 2.34. The first kappa shape index (κ1) is 22.3. The summed E-state index contributed by atoms with van der Waals surface area (Å²) in [5.74, 6) is 0.926. The predicted octanol–water partition coefficient (Wildman–Crippen LogP) is 4.63. The summed E-state index contributed by atoms with van der Waals surface area (Å²) in [5.41, 5.74) is 2.29. The first-order chi connectivity index (χ1) is 16.9. The van der Waals surface area contributed by atoms with E-state index in [1.165, 1.54) is 39.7 Å². The van der Waals surface area contributed by atoms with Crippen molar-refractivity contribution in [2.24, 2.45) is 0 Å². The topological polar surface area (TPSA) is 104 Å². The number of carbonyl (C=O) groups excluding carboxylic acids is 1. The van der Waals surface area contributed by atoms with E-state index >= 15 is 0 Å². The molecule has 35 heavy (non-hydrogen) atoms. The Labute approximate surface area is 200 Å². The van der Waals surface area contributed by atoms with Gasteiger partial charge in [0.1, 0.15) is 29.1 Å². The fourth-order valence-electron chi connectivity index (χ4n) is 4.49. The minimum atomic E-state index is -0.521. The number of phenolic OH excluding ortho intramolecular Hbond substituents is 1. The largest absolute Gasteiger partial charge is 0.508 e. The van der Waals surface area contributed by atoms with Crippen LogP contribution >= 0.6 is 0 Å². The number of esters is 1. The van der Waals surface area contributed by atoms with Gasteiger partial charge in [0.2, 0.25) is 5.43 Å². The van der Waals surface area contributed by atoms with Gasteiger partial charge in [-0.2, -0.15) is 0 Å². The molecule has 178 valence electrons. The van der Waals surface area contributed by atoms with E-state index in [4.69, 9.17) is 23.4 Å². The Kier molecular flexibility index (Phi) is 5.56. The third kappa shape index (κ3) is 3.73. The number of rotatable bonds is 5. The van der Waals surface area contributed by atoms with Gasteiger partial charge in [0.05, 0.1) is 38.7 Å². The lowest BCUT2D eigenvalue weighted by molar-refractivity contribution is -0.135. The van der Waals surface area contributed by atoms with Crippen molar-refractivity contribution in [3.8, 4) is 39.9 Å². The number of methoxy groups -OCH3 is 3. The van der Waals surface area contributed by atoms with Crippen LogP contribution in [-0.2, 0) is 4.79 Å². The number of phenols is 1. The van der Waals surface area contributed by atoms with Crippen molar-refractivity contribution < 1.29 is 33.3 Å². The number of benzene rings is 3. The average molecular weight is 474 g/mol. The van der Waals surface area contributed by atoms with Crippen molar-refractivity contribution in [3.05, 3.63) is 76.1 Å². The minimum Gasteiger partial charge on any atom is -0.508 e. The lowest BCUT2D eigenvalue weighted by atomic mass is 9.84. The quantitative estimate of drug-likeness (QED) is 0.330. The van der Waals surface area contributed by atoms with E-state index in [0.717, 1.165) is 0 Å². The third-order valence-electron chi connectivity index (χ3n) is 6.17. The number of hydrogen-bond acceptors (Lipinski definition) is 8. The maximum absolute atomic E-state index is 13.4. The summed E-state index contributed by atoms with van der Waals surface area (Å²) in [4.78, 5) is 25.9. The molecule has 0 radical (unpaired) electrons. The highest BCUT2D eigenvalue weighted by molar-refractivity contribution is 5.90. The molecule has 0 spiro atoms. The average Bonchev–Trinajstić information content (AvgIpc) is 2.87. The Balaban J connectivity index is 1.74. The molecule has 1 aliphatic heterocycles. The van der Waals surface area contributed by atoms with Gasteiger partial charge in [0, 0.05) is 23.1 Å². The number of aromatic hydroxyl groups is 1. The molecular weight excluding hydrogens is 452 g/mol. The molecule has 0 fully saturated rings. The molecule has 8 heteroatoms. The molecule has 8 nitrogen and oxygen atoms in total. The molecule has 0 aliphatic carbocycles. The minimum absolute atomic E-state index is 0.0153. The summed E-state index contributed by atoms with van der Waals surface area (Å²) >= 11 is 0. The van der Waals surface area contributed by atoms with Crippen LogP contribution in [0.2, 0.25) is 0 Å². The van der Waals surface area contributed by atoms with E-state index in [-0.39, 0.29) is 17.6 Å². The van der Waals surface area contributed by atoms with Gasteiger partial charge in [-0.1, -0.05) is 12.1 Å². The maximum atomic E-state index is 13.4. The molecule has 2 heterocycles. The SMILES string of the molecule is COc1cc(OC)c([C@@H]2CC(=O)Oc3ccc4c(=O)c(-c5ccc(O)cc5)coc4c32)cc1OC. The van der Waals surface area contributed by atoms with E-state index in [0.29, 0.717) is 56.2 Å². The van der Waals surface area contributed by atoms with E-state index in [2.05, 4.69) is 0 Å². The van der Waals surface area contributed by atoms with Gasteiger partial charge in [0.25, 0.3) is 0 Å². The second-order valence-electron chi connectivity index (χ2n) is 8.06. The zero-order valence-corrected chi connectivity index (χ0v) is 19.3. The first-order valence-corrected chi connectivity index (χ1v) is 10.8. The normalized spacial score (nSPS) is 14.8. The summed E-state index contributed by atoms with van der Waals surface area (Å²) in [5, 5.41) is 9.92. The Morgan fingerprint density at radius 1 is 0.886 bits per heavy atom. The number of fused-ring (bicyclic) bond motifs is 3. The summed E-state index contributed by atoms with van der Waals surface area (Å²) in [6.45, 7) is 0. The van der Waals surface area contributed by atoms with Gasteiger partial charge in [-0.3, -0.25) is 9.59 Å². The molecule has 1 aliphatic rings. The summed E-state index contributed by atoms with van der Waals surface area (Å²) in [6, 6.07) is 12.9. The predicted molar refractivity (Wildman–Crippen MR) is 128 cm³/mol. The molecular formula is C27H22O8. The van der Waals surface area contributed by atoms with Crippen molar-refractivity contribution in [1.29, 1.82) is 0 Å². The van der Waals surface area contributed by atoms with E-state index < -0.39 is 11.9 Å². The zero-order chi connectivity index (χ0) is 24.7. The molecule has 3 aromatic carbocycles. The second-order valence-corrected chi connectivity index (χ2v) is 8.06. The molecule has 0 saturated heterocycles. The van der Waals surface area contributed by atoms with Gasteiger partial charge >= 0.3 is 5.97 Å². The molecule has 0 unspecified atom stereocenters. The van der Waals surface area contributed by atoms with Gasteiger partial charge in [0.15, 0.2) is 11.5 Å². The second kappa shape index (κ2) is 8.72. The standard InChI is InChI=1S/C27H22O8/c1-31-21-12-23(33-3)22(32-2)10-17(21)18-11-24(29)35-20-9-8-16-26(30)19(13-34-27(16)25(18)20)14-4-6-15(28)7-5-14/h4-10,12-13,18,28H,11H2,1-3H3/t18-/m0/s1. The monoisotopic (exact) mass is 474 g/mol. The molecule has 1 N–H and O–H groups in total. The van der Waals surface area contributed by atoms with Crippen LogP contribution in [0.5, 0.6) is 28.7 Å². The Morgan fingerprint density at radius 2 is 1.57 bits per heavy atom. The molecule has 0 bridgehead atoms. The summed E-state index contributed by atoms with van der Waals surface area (Å²) in [7, 11) is 4.58. The van der Waals surface area contributed by atoms with Gasteiger partial charge in [-0.25, -0.2) is 0 Å². The van der Waals surface area contributed by atoms with Crippen molar-refractivity contribution >= 4 is 16.9 Å². The Hall–Kier alpha value is -4.46. The van der Waals surface area contributed by atoms with Crippen molar-refractivity contribution in [2.45, 2.75) is 12.3 Å². The zero-order valence-electron chi connectivity index (χ0n) is 19.3. The van der Waals surface area contributed by atoms with E-state index in [1.54, 1.807) is 36.4 Å². The first-order valence-electron chi connectivity index (χ1n) is 10.8. The van der Waals surface area contributed by atoms with Crippen LogP contribution in [0.3, 0.4) is 0 Å². The number of hydrogen-bond donors (Lipinski definition) is 1. The van der Waals surface area contributed by atoms with Crippen LogP contribution < -0.4 is 24.4 Å². The van der Waals surface area contributed by atoms with Gasteiger partial charge in [-0.05, 0) is 35.9 Å². The maximum Gasteiger partial charge on any atom is 0.312 e. The van der Waals surface area contributed by atoms with E-state index in [9.17, 15) is 14.7 Å². The molecule has 1 aromatic heterocycles. The third-order valence-corrected chi connectivity index (χ3v) is 6.17. The van der Waals surface area contributed by atoms with Gasteiger partial charge in [-0.15, -0.1) is 0 Å². The lowest BCUT2D eigenvalue weighted by Gasteiger charge is -2.27. The summed E-state index contributed by atoms with van der Waals surface area (Å²) in [6.07, 6.45) is 1.40. The van der Waals surface area contributed by atoms with Crippen LogP contribution in [-0.4, -0.2) is 32.4 Å². The van der Waals surface area contributed by atoms with Gasteiger partial charge < -0.3 is 28.5 Å². The van der Waals surface area contributed by atoms with E-state index in [1.807, 2.05) is 0 Å². The fraction of sp³-hybridized carbons (Fsp3) is 0.185. The van der Waals surface area contributed by atoms with Crippen LogP contribution in [0.15, 0.2) is 64.0 Å². The summed E-state index contributed by atoms with van der Waals surface area (Å²) < 4.78 is 28.0. The van der Waals surface area contributed by atoms with Crippen LogP contribution in [0.25, 0.3) is 22.1 Å². The van der Waals surface area contributed by atoms with Crippen molar-refractivity contribution in [3.63, 3.8) is 0 Å². The van der Waals surface area contributed by atoms with Crippen molar-refractivity contribution in [1.82, 2.24) is 0 Å². The number of carbonyl (C=O) groups is 1. The highest BCUT2D eigenvalue weighted by Crippen LogP contribution is 2.48. The van der Waals surface area contributed by atoms with Crippen LogP contribution in [0.1, 0.15) is 23.5 Å². The Bertz CT molecular complexity index is 1500.